The number of carbonyl (C=O) groups excluding carboxylic acids is 1. The summed E-state index contributed by atoms with van der Waals surface area (Å²) in [5.74, 6) is 0.438. The van der Waals surface area contributed by atoms with Gasteiger partial charge >= 0.3 is 0 Å². The number of ketones is 1. The van der Waals surface area contributed by atoms with E-state index >= 15 is 0 Å². The number of hydrogen-bond acceptors (Lipinski definition) is 4. The van der Waals surface area contributed by atoms with Crippen LogP contribution in [0, 0.1) is 13.8 Å². The van der Waals surface area contributed by atoms with Crippen molar-refractivity contribution in [3.05, 3.63) is 59.4 Å². The van der Waals surface area contributed by atoms with Gasteiger partial charge in [0.1, 0.15) is 18.5 Å². The number of para-hydroxylation sites is 1. The molecule has 3 aromatic rings. The molecule has 0 aliphatic carbocycles. The SMILES string of the molecule is CC(=O)c1ccccc1OC[C@H](O)Cn1cnc2cc(C)c(C)cc21. The van der Waals surface area contributed by atoms with Crippen molar-refractivity contribution in [3.63, 3.8) is 0 Å². The molecule has 1 aromatic heterocycles. The molecule has 3 rings (SSSR count). The van der Waals surface area contributed by atoms with Gasteiger partial charge in [0.2, 0.25) is 0 Å². The van der Waals surface area contributed by atoms with Crippen molar-refractivity contribution in [1.82, 2.24) is 9.55 Å². The molecule has 0 amide bonds. The molecule has 2 aromatic carbocycles. The lowest BCUT2D eigenvalue weighted by Crippen LogP contribution is -2.23. The first-order chi connectivity index (χ1) is 12.0. The molecule has 0 unspecified atom stereocenters. The average molecular weight is 338 g/mol. The lowest BCUT2D eigenvalue weighted by atomic mass is 10.1. The first-order valence-electron chi connectivity index (χ1n) is 8.28. The van der Waals surface area contributed by atoms with Crippen LogP contribution in [0.2, 0.25) is 0 Å². The standard InChI is InChI=1S/C20H22N2O3/c1-13-8-18-19(9-14(13)2)22(12-21-18)10-16(24)11-25-20-7-5-4-6-17(20)15(3)23/h4-9,12,16,24H,10-11H2,1-3H3/t16-/m1/s1. The highest BCUT2D eigenvalue weighted by atomic mass is 16.5. The quantitative estimate of drug-likeness (QED) is 0.701. The molecule has 0 spiro atoms. The van der Waals surface area contributed by atoms with Gasteiger partial charge in [-0.3, -0.25) is 4.79 Å². The second kappa shape index (κ2) is 7.07. The summed E-state index contributed by atoms with van der Waals surface area (Å²) in [6.45, 7) is 6.10. The number of ether oxygens (including phenoxy) is 1. The van der Waals surface area contributed by atoms with Gasteiger partial charge in [0.05, 0.1) is 29.5 Å². The van der Waals surface area contributed by atoms with E-state index in [4.69, 9.17) is 4.74 Å². The first-order valence-corrected chi connectivity index (χ1v) is 8.28. The van der Waals surface area contributed by atoms with E-state index in [2.05, 4.69) is 24.9 Å². The number of benzene rings is 2. The number of aliphatic hydroxyl groups excluding tert-OH is 1. The largest absolute Gasteiger partial charge is 0.490 e. The van der Waals surface area contributed by atoms with E-state index < -0.39 is 6.10 Å². The highest BCUT2D eigenvalue weighted by Gasteiger charge is 2.13. The molecule has 5 heteroatoms. The van der Waals surface area contributed by atoms with Crippen molar-refractivity contribution >= 4 is 16.8 Å². The van der Waals surface area contributed by atoms with Crippen LogP contribution in [0.4, 0.5) is 0 Å². The van der Waals surface area contributed by atoms with E-state index in [1.807, 2.05) is 16.7 Å². The minimum absolute atomic E-state index is 0.0588. The van der Waals surface area contributed by atoms with Crippen LogP contribution in [0.1, 0.15) is 28.4 Å². The van der Waals surface area contributed by atoms with Gasteiger partial charge in [-0.2, -0.15) is 0 Å². The number of aryl methyl sites for hydroxylation is 2. The molecule has 0 radical (unpaired) electrons. The Labute approximate surface area is 146 Å². The summed E-state index contributed by atoms with van der Waals surface area (Å²) in [6.07, 6.45) is 1.02. The molecule has 130 valence electrons. The molecule has 25 heavy (non-hydrogen) atoms. The number of carbonyl (C=O) groups is 1. The maximum absolute atomic E-state index is 11.6. The van der Waals surface area contributed by atoms with Crippen LogP contribution < -0.4 is 4.74 Å². The molecule has 0 aliphatic heterocycles. The summed E-state index contributed by atoms with van der Waals surface area (Å²) in [5, 5.41) is 10.3. The fourth-order valence-corrected chi connectivity index (χ4v) is 2.81. The van der Waals surface area contributed by atoms with Crippen LogP contribution in [0.5, 0.6) is 5.75 Å². The Morgan fingerprint density at radius 3 is 2.72 bits per heavy atom. The lowest BCUT2D eigenvalue weighted by Gasteiger charge is -2.15. The summed E-state index contributed by atoms with van der Waals surface area (Å²) < 4.78 is 7.58. The summed E-state index contributed by atoms with van der Waals surface area (Å²) in [6, 6.07) is 11.2. The van der Waals surface area contributed by atoms with Gasteiger partial charge in [-0.25, -0.2) is 4.98 Å². The number of nitrogens with zero attached hydrogens (tertiary/aromatic N) is 2. The van der Waals surface area contributed by atoms with Gasteiger partial charge in [0.15, 0.2) is 5.78 Å². The van der Waals surface area contributed by atoms with Gasteiger partial charge in [-0.05, 0) is 56.2 Å². The molecule has 5 nitrogen and oxygen atoms in total. The predicted molar refractivity (Wildman–Crippen MR) is 97.2 cm³/mol. The molecule has 0 fully saturated rings. The number of fused-ring (bicyclic) bond motifs is 1. The van der Waals surface area contributed by atoms with Crippen molar-refractivity contribution in [1.29, 1.82) is 0 Å². The van der Waals surface area contributed by atoms with Gasteiger partial charge in [-0.15, -0.1) is 0 Å². The van der Waals surface area contributed by atoms with E-state index in [1.54, 1.807) is 24.5 Å². The van der Waals surface area contributed by atoms with E-state index in [-0.39, 0.29) is 12.4 Å². The number of rotatable bonds is 6. The van der Waals surface area contributed by atoms with Gasteiger partial charge in [-0.1, -0.05) is 12.1 Å². The third-order valence-electron chi connectivity index (χ3n) is 4.34. The van der Waals surface area contributed by atoms with Crippen LogP contribution in [0.25, 0.3) is 11.0 Å². The first kappa shape index (κ1) is 17.2. The van der Waals surface area contributed by atoms with E-state index in [9.17, 15) is 9.90 Å². The monoisotopic (exact) mass is 338 g/mol. The zero-order valence-electron chi connectivity index (χ0n) is 14.7. The van der Waals surface area contributed by atoms with Gasteiger partial charge < -0.3 is 14.4 Å². The second-order valence-corrected chi connectivity index (χ2v) is 6.34. The van der Waals surface area contributed by atoms with E-state index in [0.717, 1.165) is 11.0 Å². The molecule has 1 heterocycles. The third kappa shape index (κ3) is 3.72. The summed E-state index contributed by atoms with van der Waals surface area (Å²) in [4.78, 5) is 16.0. The number of aliphatic hydroxyl groups is 1. The predicted octanol–water partition coefficient (Wildman–Crippen LogP) is 3.30. The van der Waals surface area contributed by atoms with Crippen LogP contribution >= 0.6 is 0 Å². The van der Waals surface area contributed by atoms with Crippen LogP contribution in [0.15, 0.2) is 42.7 Å². The van der Waals surface area contributed by atoms with Crippen molar-refractivity contribution in [2.45, 2.75) is 33.4 Å². The van der Waals surface area contributed by atoms with Crippen LogP contribution in [0.3, 0.4) is 0 Å². The zero-order valence-corrected chi connectivity index (χ0v) is 14.7. The fraction of sp³-hybridized carbons (Fsp3) is 0.300. The van der Waals surface area contributed by atoms with E-state index in [0.29, 0.717) is 17.9 Å². The molecule has 1 atom stereocenters. The summed E-state index contributed by atoms with van der Waals surface area (Å²) in [7, 11) is 0. The number of hydrogen-bond donors (Lipinski definition) is 1. The van der Waals surface area contributed by atoms with Gasteiger partial charge in [0, 0.05) is 0 Å². The maximum Gasteiger partial charge on any atom is 0.163 e. The molecule has 0 bridgehead atoms. The highest BCUT2D eigenvalue weighted by Crippen LogP contribution is 2.20. The minimum atomic E-state index is -0.709. The fourth-order valence-electron chi connectivity index (χ4n) is 2.81. The average Bonchev–Trinajstić information content (AvgIpc) is 2.95. The number of aromatic nitrogens is 2. The Morgan fingerprint density at radius 2 is 1.96 bits per heavy atom. The normalized spacial score (nSPS) is 12.3. The van der Waals surface area contributed by atoms with Crippen molar-refractivity contribution < 1.29 is 14.6 Å². The van der Waals surface area contributed by atoms with Crippen LogP contribution in [-0.4, -0.2) is 33.2 Å². The summed E-state index contributed by atoms with van der Waals surface area (Å²) in [5.41, 5.74) is 4.82. The lowest BCUT2D eigenvalue weighted by molar-refractivity contribution is 0.0904. The third-order valence-corrected chi connectivity index (χ3v) is 4.34. The van der Waals surface area contributed by atoms with Crippen molar-refractivity contribution in [3.8, 4) is 5.75 Å². The zero-order chi connectivity index (χ0) is 18.0. The Balaban J connectivity index is 1.70. The number of Topliss-reactive ketones (excluding diaryl/α,β-unsaturated/α-hetero) is 1. The molecular weight excluding hydrogens is 316 g/mol. The van der Waals surface area contributed by atoms with Crippen molar-refractivity contribution in [2.75, 3.05) is 6.61 Å². The molecular formula is C20H22N2O3. The Morgan fingerprint density at radius 1 is 1.24 bits per heavy atom. The molecule has 0 aliphatic rings. The molecule has 0 saturated heterocycles. The molecule has 0 saturated carbocycles. The minimum Gasteiger partial charge on any atom is -0.490 e. The highest BCUT2D eigenvalue weighted by molar-refractivity contribution is 5.96. The number of imidazole rings is 1. The van der Waals surface area contributed by atoms with Crippen molar-refractivity contribution in [2.24, 2.45) is 0 Å². The van der Waals surface area contributed by atoms with E-state index in [1.165, 1.54) is 18.1 Å². The van der Waals surface area contributed by atoms with Gasteiger partial charge in [0.25, 0.3) is 0 Å². The summed E-state index contributed by atoms with van der Waals surface area (Å²) >= 11 is 0. The topological polar surface area (TPSA) is 64.3 Å². The Bertz CT molecular complexity index is 914. The maximum atomic E-state index is 11.6. The Hall–Kier alpha value is -2.66. The smallest absolute Gasteiger partial charge is 0.163 e. The molecule has 1 N–H and O–H groups in total. The second-order valence-electron chi connectivity index (χ2n) is 6.34. The van der Waals surface area contributed by atoms with Crippen LogP contribution in [-0.2, 0) is 6.54 Å². The Kier molecular flexibility index (Phi) is 4.86.